The SMILES string of the molecule is COc1cc2c(cc1OC)[C@@H](C(=O)N[C@@H](C)c1ccccc1)CC(=O)N2. The Bertz CT molecular complexity index is 820. The van der Waals surface area contributed by atoms with Crippen molar-refractivity contribution in [3.05, 3.63) is 53.6 Å². The number of nitrogens with one attached hydrogen (secondary N) is 2. The summed E-state index contributed by atoms with van der Waals surface area (Å²) in [6.45, 7) is 1.92. The first kappa shape index (κ1) is 17.8. The Kier molecular flexibility index (Phi) is 5.11. The van der Waals surface area contributed by atoms with Gasteiger partial charge in [-0.1, -0.05) is 30.3 Å². The van der Waals surface area contributed by atoms with E-state index < -0.39 is 5.92 Å². The van der Waals surface area contributed by atoms with E-state index in [1.54, 1.807) is 12.1 Å². The van der Waals surface area contributed by atoms with Crippen LogP contribution in [-0.4, -0.2) is 26.0 Å². The molecule has 2 aromatic carbocycles. The third-order valence-corrected chi connectivity index (χ3v) is 4.57. The van der Waals surface area contributed by atoms with E-state index in [1.165, 1.54) is 14.2 Å². The van der Waals surface area contributed by atoms with E-state index in [-0.39, 0.29) is 24.3 Å². The molecule has 136 valence electrons. The zero-order valence-corrected chi connectivity index (χ0v) is 15.0. The van der Waals surface area contributed by atoms with Gasteiger partial charge in [0.2, 0.25) is 11.8 Å². The molecule has 6 nitrogen and oxygen atoms in total. The number of methoxy groups -OCH3 is 2. The smallest absolute Gasteiger partial charge is 0.228 e. The minimum absolute atomic E-state index is 0.0931. The lowest BCUT2D eigenvalue weighted by molar-refractivity contribution is -0.126. The Morgan fingerprint density at radius 1 is 1.15 bits per heavy atom. The van der Waals surface area contributed by atoms with Gasteiger partial charge in [-0.3, -0.25) is 9.59 Å². The fraction of sp³-hybridized carbons (Fsp3) is 0.300. The number of amides is 2. The van der Waals surface area contributed by atoms with Gasteiger partial charge in [0.25, 0.3) is 0 Å². The van der Waals surface area contributed by atoms with Crippen LogP contribution in [0.15, 0.2) is 42.5 Å². The van der Waals surface area contributed by atoms with Crippen molar-refractivity contribution in [2.45, 2.75) is 25.3 Å². The van der Waals surface area contributed by atoms with Crippen LogP contribution in [0.4, 0.5) is 5.69 Å². The molecule has 0 saturated heterocycles. The average molecular weight is 354 g/mol. The Labute approximate surface area is 152 Å². The van der Waals surface area contributed by atoms with Crippen LogP contribution in [0.1, 0.15) is 36.4 Å². The maximum absolute atomic E-state index is 12.9. The number of hydrogen-bond donors (Lipinski definition) is 2. The molecule has 2 aromatic rings. The molecular weight excluding hydrogens is 332 g/mol. The molecule has 0 radical (unpaired) electrons. The molecule has 1 aliphatic rings. The largest absolute Gasteiger partial charge is 0.493 e. The molecule has 0 spiro atoms. The number of anilines is 1. The van der Waals surface area contributed by atoms with Gasteiger partial charge < -0.3 is 20.1 Å². The van der Waals surface area contributed by atoms with Gasteiger partial charge >= 0.3 is 0 Å². The number of hydrogen-bond acceptors (Lipinski definition) is 4. The van der Waals surface area contributed by atoms with Gasteiger partial charge in [-0.2, -0.15) is 0 Å². The van der Waals surface area contributed by atoms with Crippen molar-refractivity contribution in [3.8, 4) is 11.5 Å². The van der Waals surface area contributed by atoms with Crippen LogP contribution in [0.25, 0.3) is 0 Å². The molecule has 1 heterocycles. The third-order valence-electron chi connectivity index (χ3n) is 4.57. The van der Waals surface area contributed by atoms with Crippen LogP contribution in [0.5, 0.6) is 11.5 Å². The lowest BCUT2D eigenvalue weighted by atomic mass is 9.89. The Hall–Kier alpha value is -3.02. The summed E-state index contributed by atoms with van der Waals surface area (Å²) in [6.07, 6.45) is 0.0931. The van der Waals surface area contributed by atoms with E-state index in [0.29, 0.717) is 17.2 Å². The second kappa shape index (κ2) is 7.47. The van der Waals surface area contributed by atoms with E-state index in [4.69, 9.17) is 9.47 Å². The van der Waals surface area contributed by atoms with Gasteiger partial charge in [0.05, 0.1) is 26.2 Å². The van der Waals surface area contributed by atoms with E-state index in [2.05, 4.69) is 10.6 Å². The Morgan fingerprint density at radius 3 is 2.46 bits per heavy atom. The summed E-state index contributed by atoms with van der Waals surface area (Å²) in [5.41, 5.74) is 2.31. The van der Waals surface area contributed by atoms with Crippen molar-refractivity contribution in [1.82, 2.24) is 5.32 Å². The molecule has 0 fully saturated rings. The molecule has 6 heteroatoms. The second-order valence-corrected chi connectivity index (χ2v) is 6.24. The summed E-state index contributed by atoms with van der Waals surface area (Å²) in [6, 6.07) is 13.0. The van der Waals surface area contributed by atoms with Gasteiger partial charge in [-0.05, 0) is 24.1 Å². The highest BCUT2D eigenvalue weighted by molar-refractivity contribution is 6.01. The molecule has 3 rings (SSSR count). The van der Waals surface area contributed by atoms with E-state index in [9.17, 15) is 9.59 Å². The summed E-state index contributed by atoms with van der Waals surface area (Å²) < 4.78 is 10.6. The van der Waals surface area contributed by atoms with Crippen LogP contribution in [0, 0.1) is 0 Å². The monoisotopic (exact) mass is 354 g/mol. The number of rotatable bonds is 5. The minimum atomic E-state index is -0.579. The maximum atomic E-state index is 12.9. The highest BCUT2D eigenvalue weighted by Gasteiger charge is 2.32. The highest BCUT2D eigenvalue weighted by Crippen LogP contribution is 2.40. The fourth-order valence-electron chi connectivity index (χ4n) is 3.16. The summed E-state index contributed by atoms with van der Waals surface area (Å²) in [4.78, 5) is 25.0. The highest BCUT2D eigenvalue weighted by atomic mass is 16.5. The zero-order valence-electron chi connectivity index (χ0n) is 15.0. The molecule has 0 bridgehead atoms. The van der Waals surface area contributed by atoms with Gasteiger partial charge in [0.15, 0.2) is 11.5 Å². The average Bonchev–Trinajstić information content (AvgIpc) is 2.66. The molecule has 0 saturated carbocycles. The third kappa shape index (κ3) is 3.49. The van der Waals surface area contributed by atoms with Crippen LogP contribution >= 0.6 is 0 Å². The van der Waals surface area contributed by atoms with Crippen molar-refractivity contribution in [2.75, 3.05) is 19.5 Å². The molecular formula is C20H22N2O4. The minimum Gasteiger partial charge on any atom is -0.493 e. The van der Waals surface area contributed by atoms with Crippen molar-refractivity contribution in [3.63, 3.8) is 0 Å². The van der Waals surface area contributed by atoms with Crippen molar-refractivity contribution in [1.29, 1.82) is 0 Å². The van der Waals surface area contributed by atoms with Crippen LogP contribution in [0.3, 0.4) is 0 Å². The van der Waals surface area contributed by atoms with Crippen LogP contribution < -0.4 is 20.1 Å². The number of carbonyl (C=O) groups is 2. The molecule has 0 unspecified atom stereocenters. The second-order valence-electron chi connectivity index (χ2n) is 6.24. The lowest BCUT2D eigenvalue weighted by Gasteiger charge is -2.27. The first-order valence-electron chi connectivity index (χ1n) is 8.44. The molecule has 2 amide bonds. The number of ether oxygens (including phenoxy) is 2. The first-order valence-corrected chi connectivity index (χ1v) is 8.44. The summed E-state index contributed by atoms with van der Waals surface area (Å²) >= 11 is 0. The molecule has 26 heavy (non-hydrogen) atoms. The van der Waals surface area contributed by atoms with Crippen molar-refractivity contribution < 1.29 is 19.1 Å². The van der Waals surface area contributed by atoms with Gasteiger partial charge in [0, 0.05) is 18.2 Å². The van der Waals surface area contributed by atoms with Gasteiger partial charge in [-0.15, -0.1) is 0 Å². The molecule has 2 N–H and O–H groups in total. The summed E-state index contributed by atoms with van der Waals surface area (Å²) in [5, 5.41) is 5.80. The Morgan fingerprint density at radius 2 is 1.81 bits per heavy atom. The number of carbonyl (C=O) groups excluding carboxylic acids is 2. The standard InChI is InChI=1S/C20H22N2O4/c1-12(13-7-5-4-6-8-13)21-20(24)15-10-19(23)22-16-11-18(26-3)17(25-2)9-14(15)16/h4-9,11-12,15H,10H2,1-3H3,(H,21,24)(H,22,23)/t12-,15-/m0/s1. The molecule has 0 aliphatic carbocycles. The summed E-state index contributed by atoms with van der Waals surface area (Å²) in [5.74, 6) is 0.0631. The molecule has 0 aromatic heterocycles. The predicted molar refractivity (Wildman–Crippen MR) is 98.5 cm³/mol. The maximum Gasteiger partial charge on any atom is 0.228 e. The number of fused-ring (bicyclic) bond motifs is 1. The van der Waals surface area contributed by atoms with Gasteiger partial charge in [0.1, 0.15) is 0 Å². The van der Waals surface area contributed by atoms with Gasteiger partial charge in [-0.25, -0.2) is 0 Å². The van der Waals surface area contributed by atoms with Crippen molar-refractivity contribution in [2.24, 2.45) is 0 Å². The molecule has 1 aliphatic heterocycles. The van der Waals surface area contributed by atoms with Crippen LogP contribution in [-0.2, 0) is 9.59 Å². The predicted octanol–water partition coefficient (Wildman–Crippen LogP) is 3.01. The topological polar surface area (TPSA) is 76.7 Å². The quantitative estimate of drug-likeness (QED) is 0.865. The number of benzene rings is 2. The fourth-order valence-corrected chi connectivity index (χ4v) is 3.16. The van der Waals surface area contributed by atoms with E-state index in [0.717, 1.165) is 11.1 Å². The zero-order chi connectivity index (χ0) is 18.7. The lowest BCUT2D eigenvalue weighted by Crippen LogP contribution is -2.36. The normalized spacial score (nSPS) is 16.9. The van der Waals surface area contributed by atoms with E-state index in [1.807, 2.05) is 37.3 Å². The van der Waals surface area contributed by atoms with Crippen LogP contribution in [0.2, 0.25) is 0 Å². The van der Waals surface area contributed by atoms with Crippen molar-refractivity contribution >= 4 is 17.5 Å². The van der Waals surface area contributed by atoms with E-state index >= 15 is 0 Å². The molecule has 2 atom stereocenters. The summed E-state index contributed by atoms with van der Waals surface area (Å²) in [7, 11) is 3.07. The Balaban J connectivity index is 1.89. The first-order chi connectivity index (χ1) is 12.5.